The van der Waals surface area contributed by atoms with Crippen LogP contribution in [0.4, 0.5) is 4.39 Å². The number of nitrogens with one attached hydrogen (secondary N) is 1. The van der Waals surface area contributed by atoms with Crippen LogP contribution in [0.1, 0.15) is 18.3 Å². The van der Waals surface area contributed by atoms with Gasteiger partial charge in [0.05, 0.1) is 0 Å². The fourth-order valence-electron chi connectivity index (χ4n) is 1.74. The lowest BCUT2D eigenvalue weighted by molar-refractivity contribution is 0.623. The molecule has 5 heteroatoms. The predicted octanol–water partition coefficient (Wildman–Crippen LogP) is 2.88. The number of benzene rings is 1. The van der Waals surface area contributed by atoms with Crippen molar-refractivity contribution >= 4 is 12.2 Å². The lowest BCUT2D eigenvalue weighted by atomic mass is 10.1. The lowest BCUT2D eigenvalue weighted by Crippen LogP contribution is -2.05. The Morgan fingerprint density at radius 3 is 2.71 bits per heavy atom. The molecule has 0 saturated heterocycles. The first-order valence-electron chi connectivity index (χ1n) is 5.59. The Labute approximate surface area is 104 Å². The zero-order valence-corrected chi connectivity index (χ0v) is 10.4. The molecule has 1 heterocycles. The van der Waals surface area contributed by atoms with Crippen molar-refractivity contribution in [1.29, 1.82) is 0 Å². The highest BCUT2D eigenvalue weighted by Gasteiger charge is 2.03. The third-order valence-electron chi connectivity index (χ3n) is 2.69. The number of aryl methyl sites for hydroxylation is 2. The highest BCUT2D eigenvalue weighted by atomic mass is 32.1. The van der Waals surface area contributed by atoms with Crippen LogP contribution < -0.4 is 0 Å². The van der Waals surface area contributed by atoms with Crippen LogP contribution in [-0.2, 0) is 19.4 Å². The van der Waals surface area contributed by atoms with Gasteiger partial charge in [-0.25, -0.2) is 4.39 Å². The zero-order valence-electron chi connectivity index (χ0n) is 9.61. The van der Waals surface area contributed by atoms with E-state index in [1.807, 2.05) is 11.5 Å². The molecule has 0 aliphatic carbocycles. The molecule has 0 radical (unpaired) electrons. The van der Waals surface area contributed by atoms with E-state index < -0.39 is 0 Å². The maximum atomic E-state index is 12.7. The topological polar surface area (TPSA) is 33.6 Å². The van der Waals surface area contributed by atoms with Gasteiger partial charge in [-0.1, -0.05) is 19.1 Å². The van der Waals surface area contributed by atoms with E-state index in [1.165, 1.54) is 12.1 Å². The van der Waals surface area contributed by atoms with Gasteiger partial charge in [-0.3, -0.25) is 5.10 Å². The van der Waals surface area contributed by atoms with Crippen molar-refractivity contribution in [3.8, 4) is 0 Å². The molecule has 2 rings (SSSR count). The van der Waals surface area contributed by atoms with Crippen molar-refractivity contribution < 1.29 is 4.39 Å². The van der Waals surface area contributed by atoms with Crippen LogP contribution >= 0.6 is 12.2 Å². The van der Waals surface area contributed by atoms with Crippen molar-refractivity contribution in [3.63, 3.8) is 0 Å². The molecule has 0 aliphatic rings. The summed E-state index contributed by atoms with van der Waals surface area (Å²) in [7, 11) is 0. The molecule has 17 heavy (non-hydrogen) atoms. The summed E-state index contributed by atoms with van der Waals surface area (Å²) in [6.45, 7) is 2.81. The molecule has 0 bridgehead atoms. The number of halogens is 1. The standard InChI is InChI=1S/C12H14FN3S/c1-2-11-14-15-12(17)16(11)8-7-9-3-5-10(13)6-4-9/h3-6H,2,7-8H2,1H3,(H,15,17). The number of hydrogen-bond donors (Lipinski definition) is 1. The molecule has 0 unspecified atom stereocenters. The monoisotopic (exact) mass is 251 g/mol. The minimum Gasteiger partial charge on any atom is -0.304 e. The molecule has 0 spiro atoms. The third kappa shape index (κ3) is 2.79. The van der Waals surface area contributed by atoms with Crippen LogP contribution in [0, 0.1) is 10.6 Å². The van der Waals surface area contributed by atoms with E-state index in [4.69, 9.17) is 12.2 Å². The van der Waals surface area contributed by atoms with Crippen LogP contribution in [0.2, 0.25) is 0 Å². The predicted molar refractivity (Wildman–Crippen MR) is 66.9 cm³/mol. The molecule has 3 nitrogen and oxygen atoms in total. The fourth-order valence-corrected chi connectivity index (χ4v) is 1.99. The smallest absolute Gasteiger partial charge is 0.195 e. The number of aromatic nitrogens is 3. The maximum Gasteiger partial charge on any atom is 0.195 e. The molecule has 2 aromatic rings. The summed E-state index contributed by atoms with van der Waals surface area (Å²) in [6.07, 6.45) is 1.66. The first-order chi connectivity index (χ1) is 8.20. The van der Waals surface area contributed by atoms with E-state index >= 15 is 0 Å². The quantitative estimate of drug-likeness (QED) is 0.848. The first-order valence-corrected chi connectivity index (χ1v) is 6.00. The van der Waals surface area contributed by atoms with Gasteiger partial charge in [0, 0.05) is 13.0 Å². The number of H-pyrrole nitrogens is 1. The van der Waals surface area contributed by atoms with Gasteiger partial charge in [-0.15, -0.1) is 0 Å². The molecule has 0 aliphatic heterocycles. The zero-order chi connectivity index (χ0) is 12.3. The van der Waals surface area contributed by atoms with Crippen LogP contribution in [0.15, 0.2) is 24.3 Å². The Balaban J connectivity index is 2.09. The van der Waals surface area contributed by atoms with E-state index in [0.29, 0.717) is 4.77 Å². The summed E-state index contributed by atoms with van der Waals surface area (Å²) in [5.74, 6) is 0.750. The van der Waals surface area contributed by atoms with Crippen LogP contribution in [0.3, 0.4) is 0 Å². The molecule has 0 amide bonds. The highest BCUT2D eigenvalue weighted by Crippen LogP contribution is 2.06. The van der Waals surface area contributed by atoms with Crippen molar-refractivity contribution in [1.82, 2.24) is 14.8 Å². The third-order valence-corrected chi connectivity index (χ3v) is 3.00. The molecule has 1 N–H and O–H groups in total. The summed E-state index contributed by atoms with van der Waals surface area (Å²) in [5, 5.41) is 6.94. The van der Waals surface area contributed by atoms with Gasteiger partial charge in [0.25, 0.3) is 0 Å². The van der Waals surface area contributed by atoms with Crippen LogP contribution in [0.25, 0.3) is 0 Å². The SMILES string of the molecule is CCc1n[nH]c(=S)n1CCc1ccc(F)cc1. The van der Waals surface area contributed by atoms with E-state index in [9.17, 15) is 4.39 Å². The van der Waals surface area contributed by atoms with E-state index in [2.05, 4.69) is 10.2 Å². The van der Waals surface area contributed by atoms with Gasteiger partial charge in [0.2, 0.25) is 0 Å². The average molecular weight is 251 g/mol. The minimum atomic E-state index is -0.206. The largest absolute Gasteiger partial charge is 0.304 e. The molecule has 1 aromatic heterocycles. The van der Waals surface area contributed by atoms with Gasteiger partial charge >= 0.3 is 0 Å². The lowest BCUT2D eigenvalue weighted by Gasteiger charge is -2.05. The van der Waals surface area contributed by atoms with Gasteiger partial charge in [0.1, 0.15) is 11.6 Å². The van der Waals surface area contributed by atoms with E-state index in [-0.39, 0.29) is 5.82 Å². The summed E-state index contributed by atoms with van der Waals surface area (Å²) in [5.41, 5.74) is 1.09. The number of rotatable bonds is 4. The maximum absolute atomic E-state index is 12.7. The van der Waals surface area contributed by atoms with Crippen LogP contribution in [0.5, 0.6) is 0 Å². The highest BCUT2D eigenvalue weighted by molar-refractivity contribution is 7.71. The Morgan fingerprint density at radius 1 is 1.35 bits per heavy atom. The van der Waals surface area contributed by atoms with Gasteiger partial charge in [0.15, 0.2) is 4.77 Å². The molecule has 0 atom stereocenters. The summed E-state index contributed by atoms with van der Waals surface area (Å²) in [4.78, 5) is 0. The Morgan fingerprint density at radius 2 is 2.06 bits per heavy atom. The number of hydrogen-bond acceptors (Lipinski definition) is 2. The second-order valence-corrected chi connectivity index (χ2v) is 4.21. The van der Waals surface area contributed by atoms with Gasteiger partial charge in [-0.2, -0.15) is 5.10 Å². The number of aromatic amines is 1. The van der Waals surface area contributed by atoms with Gasteiger partial charge in [-0.05, 0) is 36.3 Å². The summed E-state index contributed by atoms with van der Waals surface area (Å²) < 4.78 is 15.4. The van der Waals surface area contributed by atoms with Crippen molar-refractivity contribution in [3.05, 3.63) is 46.2 Å². The minimum absolute atomic E-state index is 0.206. The second-order valence-electron chi connectivity index (χ2n) is 3.83. The number of nitrogens with zero attached hydrogens (tertiary/aromatic N) is 2. The second kappa shape index (κ2) is 5.23. The van der Waals surface area contributed by atoms with Crippen molar-refractivity contribution in [2.75, 3.05) is 0 Å². The summed E-state index contributed by atoms with van der Waals surface area (Å²) >= 11 is 5.16. The van der Waals surface area contributed by atoms with E-state index in [1.54, 1.807) is 12.1 Å². The average Bonchev–Trinajstić information content (AvgIpc) is 2.69. The molecule has 1 aromatic carbocycles. The van der Waals surface area contributed by atoms with Crippen LogP contribution in [-0.4, -0.2) is 14.8 Å². The molecular weight excluding hydrogens is 237 g/mol. The van der Waals surface area contributed by atoms with Crippen molar-refractivity contribution in [2.45, 2.75) is 26.3 Å². The Hall–Kier alpha value is -1.49. The van der Waals surface area contributed by atoms with Gasteiger partial charge < -0.3 is 4.57 Å². The fraction of sp³-hybridized carbons (Fsp3) is 0.333. The molecule has 90 valence electrons. The molecule has 0 saturated carbocycles. The Kier molecular flexibility index (Phi) is 3.68. The Bertz CT molecular complexity index is 542. The first kappa shape index (κ1) is 12.0. The summed E-state index contributed by atoms with van der Waals surface area (Å²) in [6, 6.07) is 6.55. The van der Waals surface area contributed by atoms with Crippen molar-refractivity contribution in [2.24, 2.45) is 0 Å². The molecular formula is C12H14FN3S. The normalized spacial score (nSPS) is 10.7. The van der Waals surface area contributed by atoms with E-state index in [0.717, 1.165) is 30.8 Å². The molecule has 0 fully saturated rings.